The number of ether oxygens (including phenoxy) is 2. The number of nitrogens with zero attached hydrogens (tertiary/aromatic N) is 1. The molecule has 1 aliphatic rings. The number of hydrogen-bond donors (Lipinski definition) is 0. The van der Waals surface area contributed by atoms with Crippen LogP contribution in [0.2, 0.25) is 0 Å². The third kappa shape index (κ3) is 3.09. The first kappa shape index (κ1) is 14.9. The molecule has 3 rings (SSSR count). The molecule has 1 heterocycles. The van der Waals surface area contributed by atoms with Crippen LogP contribution in [0, 0.1) is 0 Å². The van der Waals surface area contributed by atoms with Crippen molar-refractivity contribution in [3.05, 3.63) is 46.2 Å². The fourth-order valence-corrected chi connectivity index (χ4v) is 3.16. The minimum Gasteiger partial charge on any atom is -0.497 e. The average molecular weight is 317 g/mol. The summed E-state index contributed by atoms with van der Waals surface area (Å²) in [7, 11) is 3.18. The van der Waals surface area contributed by atoms with Crippen molar-refractivity contribution in [2.24, 2.45) is 0 Å². The van der Waals surface area contributed by atoms with E-state index in [-0.39, 0.29) is 5.91 Å². The molecule has 4 nitrogen and oxygen atoms in total. The van der Waals surface area contributed by atoms with Crippen molar-refractivity contribution < 1.29 is 14.3 Å². The monoisotopic (exact) mass is 317 g/mol. The molecule has 1 aromatic carbocycles. The van der Waals surface area contributed by atoms with Gasteiger partial charge in [0, 0.05) is 10.9 Å². The van der Waals surface area contributed by atoms with Crippen molar-refractivity contribution in [2.45, 2.75) is 25.4 Å². The van der Waals surface area contributed by atoms with Gasteiger partial charge in [0.2, 0.25) is 0 Å². The molecule has 5 heteroatoms. The van der Waals surface area contributed by atoms with Crippen LogP contribution in [0.25, 0.3) is 0 Å². The standard InChI is InChI=1S/C17H19NO3S/c1-20-13-7-8-16(21-2)15(10-13)17(19)18(12-5-6-12)11-14-4-3-9-22-14/h3-4,7-10,12H,5-6,11H2,1-2H3. The number of rotatable bonds is 6. The van der Waals surface area contributed by atoms with Crippen LogP contribution in [0.5, 0.6) is 11.5 Å². The van der Waals surface area contributed by atoms with E-state index in [0.717, 1.165) is 12.8 Å². The summed E-state index contributed by atoms with van der Waals surface area (Å²) in [6.07, 6.45) is 2.15. The Morgan fingerprint density at radius 1 is 1.27 bits per heavy atom. The Morgan fingerprint density at radius 2 is 2.09 bits per heavy atom. The highest BCUT2D eigenvalue weighted by atomic mass is 32.1. The molecule has 0 unspecified atom stereocenters. The number of carbonyl (C=O) groups is 1. The molecule has 1 fully saturated rings. The van der Waals surface area contributed by atoms with Crippen LogP contribution in [-0.2, 0) is 6.54 Å². The smallest absolute Gasteiger partial charge is 0.258 e. The Balaban J connectivity index is 1.89. The highest BCUT2D eigenvalue weighted by Crippen LogP contribution is 2.33. The van der Waals surface area contributed by atoms with Gasteiger partial charge in [-0.3, -0.25) is 4.79 Å². The van der Waals surface area contributed by atoms with Gasteiger partial charge in [-0.15, -0.1) is 11.3 Å². The van der Waals surface area contributed by atoms with Crippen molar-refractivity contribution in [2.75, 3.05) is 14.2 Å². The Morgan fingerprint density at radius 3 is 2.68 bits per heavy atom. The Kier molecular flexibility index (Phi) is 4.34. The molecule has 0 radical (unpaired) electrons. The second-order valence-electron chi connectivity index (χ2n) is 5.31. The van der Waals surface area contributed by atoms with E-state index in [9.17, 15) is 4.79 Å². The van der Waals surface area contributed by atoms with E-state index in [1.54, 1.807) is 43.8 Å². The summed E-state index contributed by atoms with van der Waals surface area (Å²) >= 11 is 1.68. The molecular weight excluding hydrogens is 298 g/mol. The van der Waals surface area contributed by atoms with Crippen molar-refractivity contribution in [1.82, 2.24) is 4.90 Å². The van der Waals surface area contributed by atoms with Gasteiger partial charge in [-0.25, -0.2) is 0 Å². The van der Waals surface area contributed by atoms with E-state index in [0.29, 0.717) is 29.6 Å². The highest BCUT2D eigenvalue weighted by molar-refractivity contribution is 7.09. The molecule has 2 aromatic rings. The van der Waals surface area contributed by atoms with Crippen LogP contribution < -0.4 is 9.47 Å². The largest absolute Gasteiger partial charge is 0.497 e. The minimum absolute atomic E-state index is 0.00616. The van der Waals surface area contributed by atoms with Crippen LogP contribution in [-0.4, -0.2) is 31.1 Å². The van der Waals surface area contributed by atoms with E-state index in [1.807, 2.05) is 16.3 Å². The van der Waals surface area contributed by atoms with E-state index in [2.05, 4.69) is 6.07 Å². The number of amides is 1. The zero-order valence-corrected chi connectivity index (χ0v) is 13.6. The lowest BCUT2D eigenvalue weighted by Gasteiger charge is -2.23. The molecule has 0 N–H and O–H groups in total. The van der Waals surface area contributed by atoms with E-state index >= 15 is 0 Å². The number of methoxy groups -OCH3 is 2. The third-order valence-electron chi connectivity index (χ3n) is 3.79. The molecule has 1 saturated carbocycles. The van der Waals surface area contributed by atoms with Gasteiger partial charge in [0.1, 0.15) is 11.5 Å². The van der Waals surface area contributed by atoms with Gasteiger partial charge in [-0.05, 0) is 42.5 Å². The van der Waals surface area contributed by atoms with Crippen LogP contribution in [0.1, 0.15) is 28.1 Å². The quantitative estimate of drug-likeness (QED) is 0.817. The third-order valence-corrected chi connectivity index (χ3v) is 4.65. The molecule has 0 aliphatic heterocycles. The zero-order valence-electron chi connectivity index (χ0n) is 12.7. The van der Waals surface area contributed by atoms with E-state index in [1.165, 1.54) is 4.88 Å². The van der Waals surface area contributed by atoms with Crippen LogP contribution in [0.15, 0.2) is 35.7 Å². The lowest BCUT2D eigenvalue weighted by Crippen LogP contribution is -2.32. The predicted octanol–water partition coefficient (Wildman–Crippen LogP) is 3.57. The molecule has 1 amide bonds. The van der Waals surface area contributed by atoms with E-state index in [4.69, 9.17) is 9.47 Å². The Labute approximate surface area is 134 Å². The fourth-order valence-electron chi connectivity index (χ4n) is 2.46. The molecule has 1 aromatic heterocycles. The second kappa shape index (κ2) is 6.40. The number of carbonyl (C=O) groups excluding carboxylic acids is 1. The van der Waals surface area contributed by atoms with Gasteiger partial charge in [-0.2, -0.15) is 0 Å². The molecule has 0 bridgehead atoms. The van der Waals surface area contributed by atoms with Crippen molar-refractivity contribution >= 4 is 17.2 Å². The molecule has 1 aliphatic carbocycles. The molecular formula is C17H19NO3S. The predicted molar refractivity (Wildman–Crippen MR) is 86.8 cm³/mol. The van der Waals surface area contributed by atoms with Crippen molar-refractivity contribution in [3.63, 3.8) is 0 Å². The Bertz CT molecular complexity index is 650. The topological polar surface area (TPSA) is 38.8 Å². The molecule has 0 spiro atoms. The first-order valence-electron chi connectivity index (χ1n) is 7.28. The fraction of sp³-hybridized carbons (Fsp3) is 0.353. The lowest BCUT2D eigenvalue weighted by molar-refractivity contribution is 0.0728. The van der Waals surface area contributed by atoms with Gasteiger partial charge < -0.3 is 14.4 Å². The lowest BCUT2D eigenvalue weighted by atomic mass is 10.1. The van der Waals surface area contributed by atoms with Crippen LogP contribution >= 0.6 is 11.3 Å². The first-order chi connectivity index (χ1) is 10.7. The zero-order chi connectivity index (χ0) is 15.5. The highest BCUT2D eigenvalue weighted by Gasteiger charge is 2.34. The van der Waals surface area contributed by atoms with Gasteiger partial charge in [0.05, 0.1) is 26.3 Å². The summed E-state index contributed by atoms with van der Waals surface area (Å²) in [4.78, 5) is 16.1. The second-order valence-corrected chi connectivity index (χ2v) is 6.34. The maximum atomic E-state index is 13.0. The van der Waals surface area contributed by atoms with Gasteiger partial charge in [0.15, 0.2) is 0 Å². The normalized spacial score (nSPS) is 13.7. The summed E-state index contributed by atoms with van der Waals surface area (Å²) in [5.74, 6) is 1.25. The maximum Gasteiger partial charge on any atom is 0.258 e. The molecule has 0 saturated heterocycles. The van der Waals surface area contributed by atoms with E-state index < -0.39 is 0 Å². The van der Waals surface area contributed by atoms with Crippen LogP contribution in [0.3, 0.4) is 0 Å². The molecule has 0 atom stereocenters. The SMILES string of the molecule is COc1ccc(OC)c(C(=O)N(Cc2cccs2)C2CC2)c1. The molecule has 22 heavy (non-hydrogen) atoms. The number of hydrogen-bond acceptors (Lipinski definition) is 4. The summed E-state index contributed by atoms with van der Waals surface area (Å²) in [6.45, 7) is 0.654. The van der Waals surface area contributed by atoms with Gasteiger partial charge in [0.25, 0.3) is 5.91 Å². The average Bonchev–Trinajstić information content (AvgIpc) is 3.27. The summed E-state index contributed by atoms with van der Waals surface area (Å²) in [5, 5.41) is 2.04. The minimum atomic E-state index is 0.00616. The van der Waals surface area contributed by atoms with Crippen molar-refractivity contribution in [3.8, 4) is 11.5 Å². The summed E-state index contributed by atoms with van der Waals surface area (Å²) < 4.78 is 10.6. The van der Waals surface area contributed by atoms with Crippen LogP contribution in [0.4, 0.5) is 0 Å². The summed E-state index contributed by atoms with van der Waals surface area (Å²) in [5.41, 5.74) is 0.560. The van der Waals surface area contributed by atoms with Gasteiger partial charge >= 0.3 is 0 Å². The number of thiophene rings is 1. The number of benzene rings is 1. The first-order valence-corrected chi connectivity index (χ1v) is 8.16. The van der Waals surface area contributed by atoms with Crippen molar-refractivity contribution in [1.29, 1.82) is 0 Å². The van der Waals surface area contributed by atoms with Gasteiger partial charge in [-0.1, -0.05) is 6.07 Å². The summed E-state index contributed by atoms with van der Waals surface area (Å²) in [6, 6.07) is 9.76. The molecule has 116 valence electrons. The Hall–Kier alpha value is -2.01. The maximum absolute atomic E-state index is 13.0.